The first-order chi connectivity index (χ1) is 15.1. The van der Waals surface area contributed by atoms with Gasteiger partial charge in [-0.15, -0.1) is 21.5 Å². The van der Waals surface area contributed by atoms with E-state index in [0.717, 1.165) is 22.3 Å². The molecule has 0 saturated heterocycles. The SMILES string of the molecule is Cc1ccc(-c2c(-c3nnc(SCc4cccc5ccccc45)n3C)csc2C)cc1. The summed E-state index contributed by atoms with van der Waals surface area (Å²) in [4.78, 5) is 1.30. The van der Waals surface area contributed by atoms with Crippen molar-refractivity contribution >= 4 is 33.9 Å². The lowest BCUT2D eigenvalue weighted by Gasteiger charge is -2.08. The smallest absolute Gasteiger partial charge is 0.191 e. The number of hydrogen-bond acceptors (Lipinski definition) is 4. The molecule has 0 unspecified atom stereocenters. The fraction of sp³-hybridized carbons (Fsp3) is 0.154. The van der Waals surface area contributed by atoms with Gasteiger partial charge in [0.2, 0.25) is 0 Å². The number of rotatable bonds is 5. The fourth-order valence-electron chi connectivity index (χ4n) is 3.93. The summed E-state index contributed by atoms with van der Waals surface area (Å²) in [6.45, 7) is 4.29. The lowest BCUT2D eigenvalue weighted by atomic mass is 10.0. The van der Waals surface area contributed by atoms with Gasteiger partial charge in [-0.3, -0.25) is 0 Å². The molecule has 5 heteroatoms. The molecular weight excluding hydrogens is 418 g/mol. The van der Waals surface area contributed by atoms with Gasteiger partial charge in [0.05, 0.1) is 0 Å². The van der Waals surface area contributed by atoms with Crippen LogP contribution in [0.15, 0.2) is 77.3 Å². The Balaban J connectivity index is 1.46. The highest BCUT2D eigenvalue weighted by Gasteiger charge is 2.19. The van der Waals surface area contributed by atoms with Gasteiger partial charge in [0.15, 0.2) is 11.0 Å². The zero-order valence-corrected chi connectivity index (χ0v) is 19.4. The van der Waals surface area contributed by atoms with Crippen LogP contribution >= 0.6 is 23.1 Å². The van der Waals surface area contributed by atoms with Crippen molar-refractivity contribution < 1.29 is 0 Å². The van der Waals surface area contributed by atoms with Crippen LogP contribution in [0.4, 0.5) is 0 Å². The van der Waals surface area contributed by atoms with Gasteiger partial charge >= 0.3 is 0 Å². The molecule has 31 heavy (non-hydrogen) atoms. The molecule has 0 aliphatic rings. The second-order valence-corrected chi connectivity index (χ2v) is 9.77. The predicted octanol–water partition coefficient (Wildman–Crippen LogP) is 7.27. The van der Waals surface area contributed by atoms with Crippen molar-refractivity contribution in [1.82, 2.24) is 14.8 Å². The van der Waals surface area contributed by atoms with Gasteiger partial charge in [-0.25, -0.2) is 0 Å². The molecule has 0 fully saturated rings. The lowest BCUT2D eigenvalue weighted by molar-refractivity contribution is 0.794. The second kappa shape index (κ2) is 8.33. The summed E-state index contributed by atoms with van der Waals surface area (Å²) >= 11 is 3.50. The molecule has 0 amide bonds. The predicted molar refractivity (Wildman–Crippen MR) is 133 cm³/mol. The molecule has 0 saturated carbocycles. The van der Waals surface area contributed by atoms with Crippen LogP contribution in [0.1, 0.15) is 16.0 Å². The van der Waals surface area contributed by atoms with Gasteiger partial charge in [-0.1, -0.05) is 84.1 Å². The highest BCUT2D eigenvalue weighted by molar-refractivity contribution is 7.98. The minimum absolute atomic E-state index is 0.862. The molecule has 0 bridgehead atoms. The Hall–Kier alpha value is -2.89. The normalized spacial score (nSPS) is 11.3. The van der Waals surface area contributed by atoms with Gasteiger partial charge in [0.1, 0.15) is 0 Å². The Morgan fingerprint density at radius 2 is 1.68 bits per heavy atom. The van der Waals surface area contributed by atoms with E-state index in [-0.39, 0.29) is 0 Å². The number of aryl methyl sites for hydroxylation is 2. The van der Waals surface area contributed by atoms with Crippen molar-refractivity contribution in [2.24, 2.45) is 7.05 Å². The molecule has 2 heterocycles. The van der Waals surface area contributed by atoms with Crippen LogP contribution < -0.4 is 0 Å². The molecule has 0 spiro atoms. The lowest BCUT2D eigenvalue weighted by Crippen LogP contribution is -1.96. The van der Waals surface area contributed by atoms with Crippen molar-refractivity contribution in [1.29, 1.82) is 0 Å². The standard InChI is InChI=1S/C26H23N3S2/c1-17-11-13-20(14-12-17)24-18(2)30-16-23(24)25-27-28-26(29(25)3)31-15-21-9-6-8-19-7-4-5-10-22(19)21/h4-14,16H,15H2,1-3H3. The highest BCUT2D eigenvalue weighted by atomic mass is 32.2. The van der Waals surface area contributed by atoms with Crippen LogP contribution in [-0.4, -0.2) is 14.8 Å². The van der Waals surface area contributed by atoms with E-state index in [0.29, 0.717) is 0 Å². The summed E-state index contributed by atoms with van der Waals surface area (Å²) in [6.07, 6.45) is 0. The third-order valence-corrected chi connectivity index (χ3v) is 7.61. The second-order valence-electron chi connectivity index (χ2n) is 7.74. The molecule has 0 atom stereocenters. The molecule has 5 rings (SSSR count). The van der Waals surface area contributed by atoms with Gasteiger partial charge in [-0.05, 0) is 35.7 Å². The van der Waals surface area contributed by atoms with Crippen LogP contribution in [0, 0.1) is 13.8 Å². The number of thiophene rings is 1. The van der Waals surface area contributed by atoms with Crippen LogP contribution in [0.2, 0.25) is 0 Å². The average Bonchev–Trinajstić information content (AvgIpc) is 3.35. The summed E-state index contributed by atoms with van der Waals surface area (Å²) in [5.41, 5.74) is 6.22. The van der Waals surface area contributed by atoms with Crippen molar-refractivity contribution in [3.63, 3.8) is 0 Å². The van der Waals surface area contributed by atoms with E-state index in [2.05, 4.69) is 108 Å². The van der Waals surface area contributed by atoms with Crippen molar-refractivity contribution in [2.45, 2.75) is 24.8 Å². The molecule has 3 aromatic carbocycles. The van der Waals surface area contributed by atoms with E-state index >= 15 is 0 Å². The largest absolute Gasteiger partial charge is 0.305 e. The number of aromatic nitrogens is 3. The molecule has 0 aliphatic heterocycles. The minimum Gasteiger partial charge on any atom is -0.305 e. The Morgan fingerprint density at radius 1 is 0.903 bits per heavy atom. The van der Waals surface area contributed by atoms with Crippen LogP contribution in [0.25, 0.3) is 33.3 Å². The number of hydrogen-bond donors (Lipinski definition) is 0. The summed E-state index contributed by atoms with van der Waals surface area (Å²) in [7, 11) is 2.06. The van der Waals surface area contributed by atoms with Crippen molar-refractivity contribution in [3.8, 4) is 22.5 Å². The first-order valence-electron chi connectivity index (χ1n) is 10.3. The van der Waals surface area contributed by atoms with Crippen LogP contribution in [0.3, 0.4) is 0 Å². The van der Waals surface area contributed by atoms with Crippen molar-refractivity contribution in [2.75, 3.05) is 0 Å². The van der Waals surface area contributed by atoms with Crippen LogP contribution in [-0.2, 0) is 12.8 Å². The number of thioether (sulfide) groups is 1. The van der Waals surface area contributed by atoms with E-state index in [1.165, 1.54) is 37.9 Å². The molecule has 5 aromatic rings. The Labute approximate surface area is 190 Å². The van der Waals surface area contributed by atoms with E-state index in [9.17, 15) is 0 Å². The highest BCUT2D eigenvalue weighted by Crippen LogP contribution is 2.39. The third-order valence-electron chi connectivity index (χ3n) is 5.63. The molecular formula is C26H23N3S2. The number of nitrogens with zero attached hydrogens (tertiary/aromatic N) is 3. The Kier molecular flexibility index (Phi) is 5.38. The first kappa shape index (κ1) is 20.0. The molecule has 154 valence electrons. The molecule has 2 aromatic heterocycles. The monoisotopic (exact) mass is 441 g/mol. The summed E-state index contributed by atoms with van der Waals surface area (Å²) < 4.78 is 2.12. The van der Waals surface area contributed by atoms with Crippen LogP contribution in [0.5, 0.6) is 0 Å². The zero-order valence-electron chi connectivity index (χ0n) is 17.8. The van der Waals surface area contributed by atoms with Gasteiger partial charge in [-0.2, -0.15) is 0 Å². The maximum Gasteiger partial charge on any atom is 0.191 e. The summed E-state index contributed by atoms with van der Waals surface area (Å²) in [6, 6.07) is 23.7. The molecule has 0 N–H and O–H groups in total. The van der Waals surface area contributed by atoms with E-state index in [1.54, 1.807) is 23.1 Å². The minimum atomic E-state index is 0.862. The number of fused-ring (bicyclic) bond motifs is 1. The summed E-state index contributed by atoms with van der Waals surface area (Å²) in [5.74, 6) is 1.78. The summed E-state index contributed by atoms with van der Waals surface area (Å²) in [5, 5.41) is 14.8. The maximum atomic E-state index is 4.58. The van der Waals surface area contributed by atoms with Gasteiger partial charge in [0.25, 0.3) is 0 Å². The van der Waals surface area contributed by atoms with Gasteiger partial charge < -0.3 is 4.57 Å². The van der Waals surface area contributed by atoms with Crippen molar-refractivity contribution in [3.05, 3.63) is 88.1 Å². The Bertz CT molecular complexity index is 1360. The van der Waals surface area contributed by atoms with Gasteiger partial charge in [0, 0.05) is 34.2 Å². The maximum absolute atomic E-state index is 4.58. The average molecular weight is 442 g/mol. The van der Waals surface area contributed by atoms with E-state index in [4.69, 9.17) is 0 Å². The quantitative estimate of drug-likeness (QED) is 0.269. The fourth-order valence-corrected chi connectivity index (χ4v) is 5.71. The zero-order chi connectivity index (χ0) is 21.4. The Morgan fingerprint density at radius 3 is 2.52 bits per heavy atom. The van der Waals surface area contributed by atoms with E-state index in [1.807, 2.05) is 0 Å². The third kappa shape index (κ3) is 3.80. The topological polar surface area (TPSA) is 30.7 Å². The first-order valence-corrected chi connectivity index (χ1v) is 12.1. The molecule has 3 nitrogen and oxygen atoms in total. The number of benzene rings is 3. The van der Waals surface area contributed by atoms with E-state index < -0.39 is 0 Å². The molecule has 0 aliphatic carbocycles. The molecule has 0 radical (unpaired) electrons.